The molecule has 6 rings (SSSR count). The van der Waals surface area contributed by atoms with Crippen LogP contribution in [0.3, 0.4) is 0 Å². The van der Waals surface area contributed by atoms with E-state index in [2.05, 4.69) is 133 Å². The first-order valence-electron chi connectivity index (χ1n) is 12.1. The Morgan fingerprint density at radius 2 is 1.06 bits per heavy atom. The monoisotopic (exact) mass is 551 g/mol. The van der Waals surface area contributed by atoms with Gasteiger partial charge in [0.15, 0.2) is 5.66 Å². The number of hydrogen-bond acceptors (Lipinski definition) is 1. The van der Waals surface area contributed by atoms with Gasteiger partial charge in [0.1, 0.15) is 23.2 Å². The number of carbonyl (C=O) groups excluding carboxylic acids is 1. The Morgan fingerprint density at radius 3 is 1.61 bits per heavy atom. The Kier molecular flexibility index (Phi) is 7.05. The van der Waals surface area contributed by atoms with Crippen LogP contribution in [0, 0.1) is 0 Å². The molecule has 1 atom stereocenters. The fourth-order valence-corrected chi connectivity index (χ4v) is 10.6. The van der Waals surface area contributed by atoms with Gasteiger partial charge in [0.25, 0.3) is 5.91 Å². The molecule has 0 N–H and O–H groups in total. The SMILES string of the molecule is O=C1[C@H]([P+](c2ccccc2)(c2ccccc2)c2ccccc2)CCN1c1cccc2ccccc12.[Br-]. The van der Waals surface area contributed by atoms with E-state index in [1.165, 1.54) is 15.9 Å². The molecule has 0 unspecified atom stereocenters. The molecule has 0 aliphatic carbocycles. The minimum Gasteiger partial charge on any atom is -1.00 e. The summed E-state index contributed by atoms with van der Waals surface area (Å²) in [5.41, 5.74) is 0.900. The molecule has 0 spiro atoms. The fraction of sp³-hybridized carbons (Fsp3) is 0.0938. The van der Waals surface area contributed by atoms with Gasteiger partial charge in [-0.25, -0.2) is 0 Å². The second-order valence-electron chi connectivity index (χ2n) is 9.02. The Hall–Kier alpha value is -3.26. The highest BCUT2D eigenvalue weighted by Crippen LogP contribution is 2.62. The van der Waals surface area contributed by atoms with Crippen molar-refractivity contribution in [1.29, 1.82) is 0 Å². The van der Waals surface area contributed by atoms with Crippen LogP contribution < -0.4 is 37.8 Å². The molecule has 4 heteroatoms. The summed E-state index contributed by atoms with van der Waals surface area (Å²) in [6.07, 6.45) is 0.828. The smallest absolute Gasteiger partial charge is 0.269 e. The van der Waals surface area contributed by atoms with Gasteiger partial charge in [-0.3, -0.25) is 4.79 Å². The van der Waals surface area contributed by atoms with Gasteiger partial charge in [0.05, 0.1) is 5.69 Å². The third-order valence-electron chi connectivity index (χ3n) is 7.19. The molecule has 178 valence electrons. The van der Waals surface area contributed by atoms with Crippen molar-refractivity contribution in [3.05, 3.63) is 133 Å². The summed E-state index contributed by atoms with van der Waals surface area (Å²) in [5, 5.41) is 6.07. The van der Waals surface area contributed by atoms with E-state index in [1.807, 2.05) is 4.90 Å². The number of carbonyl (C=O) groups is 1. The van der Waals surface area contributed by atoms with Gasteiger partial charge >= 0.3 is 0 Å². The van der Waals surface area contributed by atoms with Crippen LogP contribution in [0.4, 0.5) is 5.69 Å². The zero-order chi connectivity index (χ0) is 23.7. The van der Waals surface area contributed by atoms with Crippen LogP contribution >= 0.6 is 7.26 Å². The van der Waals surface area contributed by atoms with Crippen molar-refractivity contribution in [1.82, 2.24) is 0 Å². The second-order valence-corrected chi connectivity index (χ2v) is 12.6. The van der Waals surface area contributed by atoms with Gasteiger partial charge in [-0.2, -0.15) is 0 Å². The fourth-order valence-electron chi connectivity index (χ4n) is 5.68. The van der Waals surface area contributed by atoms with E-state index in [0.717, 1.165) is 29.4 Å². The van der Waals surface area contributed by atoms with Crippen molar-refractivity contribution in [2.75, 3.05) is 11.4 Å². The molecule has 1 saturated heterocycles. The van der Waals surface area contributed by atoms with E-state index in [4.69, 9.17) is 0 Å². The van der Waals surface area contributed by atoms with E-state index in [-0.39, 0.29) is 28.5 Å². The molecule has 0 bridgehead atoms. The van der Waals surface area contributed by atoms with Crippen LogP contribution in [0.15, 0.2) is 133 Å². The van der Waals surface area contributed by atoms with Crippen LogP contribution in [0.1, 0.15) is 6.42 Å². The lowest BCUT2D eigenvalue weighted by molar-refractivity contribution is -0.116. The molecule has 1 amide bonds. The van der Waals surface area contributed by atoms with Crippen LogP contribution in [-0.4, -0.2) is 18.1 Å². The van der Waals surface area contributed by atoms with Crippen LogP contribution in [0.25, 0.3) is 10.8 Å². The normalized spacial score (nSPS) is 15.6. The van der Waals surface area contributed by atoms with E-state index >= 15 is 0 Å². The third kappa shape index (κ3) is 3.97. The van der Waals surface area contributed by atoms with E-state index in [9.17, 15) is 4.79 Å². The number of anilines is 1. The van der Waals surface area contributed by atoms with Gasteiger partial charge in [-0.1, -0.05) is 91.0 Å². The molecule has 2 nitrogen and oxygen atoms in total. The maximum atomic E-state index is 14.5. The number of nitrogens with zero attached hydrogens (tertiary/aromatic N) is 1. The molecule has 0 radical (unpaired) electrons. The van der Waals surface area contributed by atoms with Crippen molar-refractivity contribution >= 4 is 45.5 Å². The summed E-state index contributed by atoms with van der Waals surface area (Å²) in [6.45, 7) is 0.728. The lowest BCUT2D eigenvalue weighted by Crippen LogP contribution is -3.00. The topological polar surface area (TPSA) is 20.3 Å². The van der Waals surface area contributed by atoms with Gasteiger partial charge in [0.2, 0.25) is 0 Å². The standard InChI is InChI=1S/C32H27NOP.BrH/c34-32-31(23-24-33(32)30-22-12-14-25-13-10-11-21-29(25)30)35(26-15-4-1-5-16-26,27-17-6-2-7-18-27)28-19-8-3-9-20-28;/h1-22,31H,23-24H2;1H/q+1;/p-1/t31-;/m1./s1. The third-order valence-corrected chi connectivity index (χ3v) is 11.9. The summed E-state index contributed by atoms with van der Waals surface area (Å²) >= 11 is 0. The average Bonchev–Trinajstić information content (AvgIpc) is 3.32. The van der Waals surface area contributed by atoms with Crippen LogP contribution in [-0.2, 0) is 4.79 Å². The molecule has 5 aromatic rings. The highest BCUT2D eigenvalue weighted by atomic mass is 79.9. The first kappa shape index (κ1) is 24.4. The number of halogens is 1. The minimum atomic E-state index is -2.27. The van der Waals surface area contributed by atoms with Crippen molar-refractivity contribution < 1.29 is 21.8 Å². The maximum absolute atomic E-state index is 14.5. The summed E-state index contributed by atoms with van der Waals surface area (Å²) in [4.78, 5) is 16.5. The first-order valence-corrected chi connectivity index (χ1v) is 14.0. The maximum Gasteiger partial charge on any atom is 0.269 e. The predicted molar refractivity (Wildman–Crippen MR) is 150 cm³/mol. The molecular formula is C32H27BrNOP. The quantitative estimate of drug-likeness (QED) is 0.307. The first-order chi connectivity index (χ1) is 17.3. The van der Waals surface area contributed by atoms with E-state index in [0.29, 0.717) is 0 Å². The molecule has 1 fully saturated rings. The zero-order valence-corrected chi connectivity index (χ0v) is 22.4. The molecule has 0 saturated carbocycles. The molecule has 5 aromatic carbocycles. The highest BCUT2D eigenvalue weighted by molar-refractivity contribution is 7.97. The number of rotatable bonds is 5. The van der Waals surface area contributed by atoms with Crippen LogP contribution in [0.5, 0.6) is 0 Å². The molecule has 1 heterocycles. The number of fused-ring (bicyclic) bond motifs is 1. The molecule has 1 aliphatic rings. The minimum absolute atomic E-state index is 0. The van der Waals surface area contributed by atoms with Gasteiger partial charge in [-0.15, -0.1) is 0 Å². The van der Waals surface area contributed by atoms with E-state index in [1.54, 1.807) is 0 Å². The summed E-state index contributed by atoms with van der Waals surface area (Å²) in [5.74, 6) is 0.228. The zero-order valence-electron chi connectivity index (χ0n) is 19.9. The van der Waals surface area contributed by atoms with Gasteiger partial charge in [-0.05, 0) is 47.9 Å². The van der Waals surface area contributed by atoms with Crippen molar-refractivity contribution in [3.63, 3.8) is 0 Å². The number of benzene rings is 5. The van der Waals surface area contributed by atoms with Gasteiger partial charge < -0.3 is 21.9 Å². The summed E-state index contributed by atoms with van der Waals surface area (Å²) in [7, 11) is -2.27. The van der Waals surface area contributed by atoms with E-state index < -0.39 is 7.26 Å². The van der Waals surface area contributed by atoms with Gasteiger partial charge in [0, 0.05) is 18.4 Å². The van der Waals surface area contributed by atoms with Crippen molar-refractivity contribution in [2.24, 2.45) is 0 Å². The highest BCUT2D eigenvalue weighted by Gasteiger charge is 2.58. The number of hydrogen-bond donors (Lipinski definition) is 0. The predicted octanol–water partition coefficient (Wildman–Crippen LogP) is 2.94. The average molecular weight is 552 g/mol. The Balaban J connectivity index is 0.00000267. The molecule has 36 heavy (non-hydrogen) atoms. The second kappa shape index (κ2) is 10.4. The largest absolute Gasteiger partial charge is 1.00 e. The Bertz CT molecular complexity index is 1370. The van der Waals surface area contributed by atoms with Crippen molar-refractivity contribution in [3.8, 4) is 0 Å². The van der Waals surface area contributed by atoms with Crippen LogP contribution in [0.2, 0.25) is 0 Å². The Morgan fingerprint density at radius 1 is 0.583 bits per heavy atom. The number of amides is 1. The molecule has 1 aliphatic heterocycles. The molecule has 0 aromatic heterocycles. The lowest BCUT2D eigenvalue weighted by Gasteiger charge is -2.32. The Labute approximate surface area is 223 Å². The lowest BCUT2D eigenvalue weighted by atomic mass is 10.1. The molecular weight excluding hydrogens is 525 g/mol. The summed E-state index contributed by atoms with van der Waals surface area (Å²) in [6, 6.07) is 46.8. The van der Waals surface area contributed by atoms with Crippen molar-refractivity contribution in [2.45, 2.75) is 12.1 Å². The summed E-state index contributed by atoms with van der Waals surface area (Å²) < 4.78 is 0.